The van der Waals surface area contributed by atoms with Crippen molar-refractivity contribution in [3.8, 4) is 5.69 Å². The van der Waals surface area contributed by atoms with E-state index in [0.29, 0.717) is 30.9 Å². The molecule has 0 aliphatic carbocycles. The molecular formula is C20H24N4O3. The van der Waals surface area contributed by atoms with E-state index in [1.807, 2.05) is 32.0 Å². The van der Waals surface area contributed by atoms with E-state index in [1.54, 1.807) is 31.0 Å². The number of H-pyrrole nitrogens is 1. The second kappa shape index (κ2) is 7.26. The van der Waals surface area contributed by atoms with Gasteiger partial charge in [-0.25, -0.2) is 4.68 Å². The van der Waals surface area contributed by atoms with Crippen molar-refractivity contribution in [2.45, 2.75) is 27.2 Å². The van der Waals surface area contributed by atoms with Crippen molar-refractivity contribution in [2.75, 3.05) is 20.1 Å². The lowest BCUT2D eigenvalue weighted by Crippen LogP contribution is -2.34. The molecule has 2 amide bonds. The first kappa shape index (κ1) is 18.7. The molecular weight excluding hydrogens is 344 g/mol. The van der Waals surface area contributed by atoms with E-state index in [1.165, 1.54) is 9.58 Å². The first-order valence-electron chi connectivity index (χ1n) is 9.11. The molecule has 0 spiro atoms. The number of carbonyl (C=O) groups excluding carboxylic acids is 2. The zero-order valence-corrected chi connectivity index (χ0v) is 16.1. The van der Waals surface area contributed by atoms with Crippen LogP contribution in [-0.2, 0) is 9.59 Å². The Bertz CT molecular complexity index is 969. The fraction of sp³-hybridized carbons (Fsp3) is 0.350. The summed E-state index contributed by atoms with van der Waals surface area (Å²) in [6, 6.07) is 9.14. The molecule has 2 heterocycles. The summed E-state index contributed by atoms with van der Waals surface area (Å²) in [7, 11) is 1.76. The Kier molecular flexibility index (Phi) is 5.03. The molecule has 7 heteroatoms. The van der Waals surface area contributed by atoms with E-state index in [-0.39, 0.29) is 28.3 Å². The fourth-order valence-corrected chi connectivity index (χ4v) is 3.33. The summed E-state index contributed by atoms with van der Waals surface area (Å²) in [5, 5.41) is 3.04. The summed E-state index contributed by atoms with van der Waals surface area (Å²) in [5.41, 5.74) is 1.62. The highest BCUT2D eigenvalue weighted by Gasteiger charge is 2.42. The number of amides is 2. The number of carbonyl (C=O) groups is 2. The van der Waals surface area contributed by atoms with Gasteiger partial charge in [-0.2, -0.15) is 0 Å². The van der Waals surface area contributed by atoms with Gasteiger partial charge in [-0.15, -0.1) is 0 Å². The number of hydrogen-bond donors (Lipinski definition) is 1. The van der Waals surface area contributed by atoms with Gasteiger partial charge >= 0.3 is 0 Å². The number of nitrogens with zero attached hydrogens (tertiary/aromatic N) is 3. The Morgan fingerprint density at radius 1 is 1.04 bits per heavy atom. The summed E-state index contributed by atoms with van der Waals surface area (Å²) >= 11 is 0. The molecule has 0 fully saturated rings. The van der Waals surface area contributed by atoms with Gasteiger partial charge in [0.15, 0.2) is 0 Å². The number of aromatic amines is 1. The standard InChI is InChI=1S/C20H24N4O3/c1-5-12-23-18(25)16(17(20(23)27)22(4)6-2)15-13(3)21-24(19(15)26)14-10-8-7-9-11-14/h7-11,21H,5-6,12H2,1-4H3. The summed E-state index contributed by atoms with van der Waals surface area (Å²) in [4.78, 5) is 42.0. The maximum Gasteiger partial charge on any atom is 0.279 e. The van der Waals surface area contributed by atoms with Crippen LogP contribution in [0, 0.1) is 6.92 Å². The van der Waals surface area contributed by atoms with Gasteiger partial charge in [0, 0.05) is 25.8 Å². The Balaban J connectivity index is 2.23. The summed E-state index contributed by atoms with van der Waals surface area (Å²) in [6.45, 7) is 6.43. The number of imide groups is 1. The number of aryl methyl sites for hydroxylation is 1. The van der Waals surface area contributed by atoms with E-state index in [2.05, 4.69) is 5.10 Å². The van der Waals surface area contributed by atoms with E-state index in [4.69, 9.17) is 0 Å². The van der Waals surface area contributed by atoms with Crippen molar-refractivity contribution in [1.82, 2.24) is 19.6 Å². The van der Waals surface area contributed by atoms with Crippen LogP contribution in [0.2, 0.25) is 0 Å². The lowest BCUT2D eigenvalue weighted by atomic mass is 10.1. The van der Waals surface area contributed by atoms with Crippen molar-refractivity contribution in [3.63, 3.8) is 0 Å². The Hall–Kier alpha value is -3.09. The van der Waals surface area contributed by atoms with Crippen molar-refractivity contribution >= 4 is 17.4 Å². The van der Waals surface area contributed by atoms with E-state index < -0.39 is 5.91 Å². The Labute approximate surface area is 157 Å². The van der Waals surface area contributed by atoms with Crippen LogP contribution >= 0.6 is 0 Å². The molecule has 0 unspecified atom stereocenters. The van der Waals surface area contributed by atoms with E-state index in [9.17, 15) is 14.4 Å². The molecule has 0 radical (unpaired) electrons. The third-order valence-corrected chi connectivity index (χ3v) is 4.78. The van der Waals surface area contributed by atoms with Crippen LogP contribution in [0.1, 0.15) is 31.5 Å². The van der Waals surface area contributed by atoms with Crippen LogP contribution in [0.5, 0.6) is 0 Å². The highest BCUT2D eigenvalue weighted by atomic mass is 16.2. The van der Waals surface area contributed by atoms with Gasteiger partial charge in [0.1, 0.15) is 5.70 Å². The van der Waals surface area contributed by atoms with E-state index >= 15 is 0 Å². The number of hydrogen-bond acceptors (Lipinski definition) is 4. The molecule has 1 aromatic heterocycles. The maximum absolute atomic E-state index is 13.1. The smallest absolute Gasteiger partial charge is 0.279 e. The third kappa shape index (κ3) is 2.99. The average molecular weight is 368 g/mol. The molecule has 1 aromatic carbocycles. The summed E-state index contributed by atoms with van der Waals surface area (Å²) in [6.07, 6.45) is 0.661. The lowest BCUT2D eigenvalue weighted by Gasteiger charge is -2.19. The number of rotatable bonds is 6. The lowest BCUT2D eigenvalue weighted by molar-refractivity contribution is -0.137. The zero-order chi connectivity index (χ0) is 19.7. The van der Waals surface area contributed by atoms with Crippen molar-refractivity contribution in [3.05, 3.63) is 57.6 Å². The van der Waals surface area contributed by atoms with Gasteiger partial charge in [0.05, 0.1) is 16.8 Å². The minimum atomic E-state index is -0.406. The highest BCUT2D eigenvalue weighted by molar-refractivity contribution is 6.35. The number of nitrogens with one attached hydrogen (secondary N) is 1. The number of para-hydroxylation sites is 1. The molecule has 2 aromatic rings. The number of likely N-dealkylation sites (N-methyl/N-ethyl adjacent to an activating group) is 1. The van der Waals surface area contributed by atoms with Gasteiger partial charge in [0.2, 0.25) is 0 Å². The molecule has 1 aliphatic rings. The topological polar surface area (TPSA) is 78.4 Å². The molecule has 0 atom stereocenters. The summed E-state index contributed by atoms with van der Waals surface area (Å²) < 4.78 is 1.40. The Morgan fingerprint density at radius 3 is 2.30 bits per heavy atom. The second-order valence-corrected chi connectivity index (χ2v) is 6.59. The van der Waals surface area contributed by atoms with Crippen LogP contribution in [0.4, 0.5) is 0 Å². The van der Waals surface area contributed by atoms with Gasteiger partial charge in [0.25, 0.3) is 17.4 Å². The van der Waals surface area contributed by atoms with Crippen LogP contribution in [-0.4, -0.2) is 51.5 Å². The molecule has 0 bridgehead atoms. The van der Waals surface area contributed by atoms with Gasteiger partial charge in [-0.3, -0.25) is 24.4 Å². The van der Waals surface area contributed by atoms with Crippen LogP contribution in [0.3, 0.4) is 0 Å². The minimum Gasteiger partial charge on any atom is -0.370 e. The third-order valence-electron chi connectivity index (χ3n) is 4.78. The van der Waals surface area contributed by atoms with Crippen molar-refractivity contribution < 1.29 is 9.59 Å². The predicted octanol–water partition coefficient (Wildman–Crippen LogP) is 1.92. The minimum absolute atomic E-state index is 0.186. The molecule has 0 saturated heterocycles. The maximum atomic E-state index is 13.1. The van der Waals surface area contributed by atoms with Gasteiger partial charge in [-0.05, 0) is 32.4 Å². The summed E-state index contributed by atoms with van der Waals surface area (Å²) in [5.74, 6) is -0.746. The number of aromatic nitrogens is 2. The largest absolute Gasteiger partial charge is 0.370 e. The molecule has 0 saturated carbocycles. The average Bonchev–Trinajstić information content (AvgIpc) is 3.09. The highest BCUT2D eigenvalue weighted by Crippen LogP contribution is 2.31. The van der Waals surface area contributed by atoms with E-state index in [0.717, 1.165) is 0 Å². The van der Waals surface area contributed by atoms with Gasteiger partial charge in [-0.1, -0.05) is 25.1 Å². The normalized spacial score (nSPS) is 14.4. The van der Waals surface area contributed by atoms with Crippen LogP contribution in [0.15, 0.2) is 40.8 Å². The van der Waals surface area contributed by atoms with Crippen molar-refractivity contribution in [2.24, 2.45) is 0 Å². The first-order chi connectivity index (χ1) is 12.9. The second-order valence-electron chi connectivity index (χ2n) is 6.59. The SMILES string of the molecule is CCCN1C(=O)C(c2c(C)[nH]n(-c3ccccc3)c2=O)=C(N(C)CC)C1=O. The Morgan fingerprint density at radius 2 is 1.70 bits per heavy atom. The molecule has 1 aliphatic heterocycles. The quantitative estimate of drug-likeness (QED) is 0.790. The fourth-order valence-electron chi connectivity index (χ4n) is 3.33. The molecule has 1 N–H and O–H groups in total. The monoisotopic (exact) mass is 368 g/mol. The van der Waals surface area contributed by atoms with Gasteiger partial charge < -0.3 is 4.90 Å². The van der Waals surface area contributed by atoms with Crippen LogP contribution in [0.25, 0.3) is 11.3 Å². The molecule has 142 valence electrons. The molecule has 3 rings (SSSR count). The van der Waals surface area contributed by atoms with Crippen LogP contribution < -0.4 is 5.56 Å². The first-order valence-corrected chi connectivity index (χ1v) is 9.11. The molecule has 7 nitrogen and oxygen atoms in total. The zero-order valence-electron chi connectivity index (χ0n) is 16.1. The van der Waals surface area contributed by atoms with Crippen molar-refractivity contribution in [1.29, 1.82) is 0 Å². The number of benzene rings is 1. The molecule has 27 heavy (non-hydrogen) atoms. The predicted molar refractivity (Wildman–Crippen MR) is 103 cm³/mol.